The molecule has 1 atom stereocenters. The van der Waals surface area contributed by atoms with Crippen LogP contribution in [0.15, 0.2) is 36.7 Å². The van der Waals surface area contributed by atoms with E-state index in [-0.39, 0.29) is 0 Å². The molecule has 2 aromatic rings. The number of methoxy groups -OCH3 is 2. The van der Waals surface area contributed by atoms with Gasteiger partial charge in [-0.25, -0.2) is 0 Å². The van der Waals surface area contributed by atoms with Gasteiger partial charge < -0.3 is 14.6 Å². The summed E-state index contributed by atoms with van der Waals surface area (Å²) in [5.41, 5.74) is 1.31. The van der Waals surface area contributed by atoms with Gasteiger partial charge in [-0.2, -0.15) is 0 Å². The maximum absolute atomic E-state index is 10.3. The van der Waals surface area contributed by atoms with E-state index >= 15 is 0 Å². The highest BCUT2D eigenvalue weighted by Gasteiger charge is 2.17. The summed E-state index contributed by atoms with van der Waals surface area (Å²) in [5.74, 6) is 0.930. The fraction of sp³-hybridized carbons (Fsp3) is 0.214. The number of hydrogen-bond donors (Lipinski definition) is 1. The third kappa shape index (κ3) is 2.80. The summed E-state index contributed by atoms with van der Waals surface area (Å²) in [6, 6.07) is 6.91. The molecular formula is C14H14ClNO3. The molecular weight excluding hydrogens is 266 g/mol. The minimum absolute atomic E-state index is 0.389. The Morgan fingerprint density at radius 2 is 2.00 bits per heavy atom. The molecule has 0 radical (unpaired) electrons. The maximum atomic E-state index is 10.3. The van der Waals surface area contributed by atoms with Crippen molar-refractivity contribution in [3.63, 3.8) is 0 Å². The number of aliphatic hydroxyl groups excluding tert-OH is 1. The van der Waals surface area contributed by atoms with Gasteiger partial charge in [-0.1, -0.05) is 17.7 Å². The molecule has 1 heterocycles. The average molecular weight is 280 g/mol. The van der Waals surface area contributed by atoms with Gasteiger partial charge in [0.05, 0.1) is 19.2 Å². The Labute approximate surface area is 116 Å². The van der Waals surface area contributed by atoms with E-state index < -0.39 is 6.10 Å². The summed E-state index contributed by atoms with van der Waals surface area (Å²) in [4.78, 5) is 3.98. The van der Waals surface area contributed by atoms with Crippen LogP contribution in [0.4, 0.5) is 0 Å². The van der Waals surface area contributed by atoms with Crippen molar-refractivity contribution in [2.75, 3.05) is 14.2 Å². The molecule has 1 aromatic heterocycles. The molecule has 1 N–H and O–H groups in total. The van der Waals surface area contributed by atoms with Gasteiger partial charge >= 0.3 is 0 Å². The lowest BCUT2D eigenvalue weighted by Crippen LogP contribution is -2.02. The van der Waals surface area contributed by atoms with Gasteiger partial charge in [0.15, 0.2) is 11.5 Å². The third-order valence-electron chi connectivity index (χ3n) is 2.77. The Morgan fingerprint density at radius 3 is 2.58 bits per heavy atom. The van der Waals surface area contributed by atoms with Gasteiger partial charge in [0.2, 0.25) is 0 Å². The zero-order chi connectivity index (χ0) is 13.8. The van der Waals surface area contributed by atoms with Crippen LogP contribution in [0.5, 0.6) is 11.5 Å². The van der Waals surface area contributed by atoms with Crippen LogP contribution in [0, 0.1) is 0 Å². The molecule has 0 saturated carbocycles. The smallest absolute Gasteiger partial charge is 0.179 e. The van der Waals surface area contributed by atoms with Crippen LogP contribution < -0.4 is 9.47 Å². The van der Waals surface area contributed by atoms with Crippen LogP contribution in [0.3, 0.4) is 0 Å². The highest BCUT2D eigenvalue weighted by Crippen LogP contribution is 2.38. The summed E-state index contributed by atoms with van der Waals surface area (Å²) in [7, 11) is 3.04. The van der Waals surface area contributed by atoms with Crippen LogP contribution in [0.1, 0.15) is 17.2 Å². The number of benzene rings is 1. The number of hydrogen-bond acceptors (Lipinski definition) is 4. The normalized spacial score (nSPS) is 12.0. The Kier molecular flexibility index (Phi) is 4.24. The SMILES string of the molecule is COc1cc(C(O)c2cccnc2)cc(Cl)c1OC. The lowest BCUT2D eigenvalue weighted by molar-refractivity contribution is 0.219. The maximum Gasteiger partial charge on any atom is 0.179 e. The summed E-state index contributed by atoms with van der Waals surface area (Å²) in [5, 5.41) is 10.7. The number of ether oxygens (including phenoxy) is 2. The first-order valence-electron chi connectivity index (χ1n) is 5.66. The number of nitrogens with zero attached hydrogens (tertiary/aromatic N) is 1. The van der Waals surface area contributed by atoms with Gasteiger partial charge in [0.1, 0.15) is 6.10 Å². The second-order valence-electron chi connectivity index (χ2n) is 3.93. The Balaban J connectivity index is 2.43. The highest BCUT2D eigenvalue weighted by molar-refractivity contribution is 6.32. The molecule has 0 fully saturated rings. The molecule has 0 aliphatic heterocycles. The molecule has 0 amide bonds. The fourth-order valence-corrected chi connectivity index (χ4v) is 2.12. The molecule has 1 unspecified atom stereocenters. The van der Waals surface area contributed by atoms with E-state index in [9.17, 15) is 5.11 Å². The van der Waals surface area contributed by atoms with Crippen molar-refractivity contribution in [2.24, 2.45) is 0 Å². The molecule has 0 saturated heterocycles. The second-order valence-corrected chi connectivity index (χ2v) is 4.33. The lowest BCUT2D eigenvalue weighted by atomic mass is 10.0. The summed E-state index contributed by atoms with van der Waals surface area (Å²) >= 11 is 6.11. The van der Waals surface area contributed by atoms with E-state index in [1.165, 1.54) is 14.2 Å². The summed E-state index contributed by atoms with van der Waals surface area (Å²) in [6.07, 6.45) is 2.44. The molecule has 4 nitrogen and oxygen atoms in total. The number of pyridine rings is 1. The molecule has 0 aliphatic carbocycles. The van der Waals surface area contributed by atoms with Crippen LogP contribution in [-0.2, 0) is 0 Å². The highest BCUT2D eigenvalue weighted by atomic mass is 35.5. The Bertz CT molecular complexity index is 560. The van der Waals surface area contributed by atoms with E-state index in [1.54, 1.807) is 36.7 Å². The van der Waals surface area contributed by atoms with Gasteiger partial charge in [0.25, 0.3) is 0 Å². The van der Waals surface area contributed by atoms with Crippen LogP contribution in [0.2, 0.25) is 5.02 Å². The van der Waals surface area contributed by atoms with Crippen LogP contribution in [0.25, 0.3) is 0 Å². The molecule has 2 rings (SSSR count). The Hall–Kier alpha value is -1.78. The molecule has 100 valence electrons. The number of rotatable bonds is 4. The van der Waals surface area contributed by atoms with E-state index in [0.717, 1.165) is 0 Å². The first-order valence-corrected chi connectivity index (χ1v) is 6.04. The van der Waals surface area contributed by atoms with Gasteiger partial charge in [-0.05, 0) is 23.8 Å². The van der Waals surface area contributed by atoms with Gasteiger partial charge in [-0.15, -0.1) is 0 Å². The standard InChI is InChI=1S/C14H14ClNO3/c1-18-12-7-10(6-11(15)14(12)19-2)13(17)9-4-3-5-16-8-9/h3-8,13,17H,1-2H3. The number of aliphatic hydroxyl groups is 1. The van der Waals surface area contributed by atoms with Crippen molar-refractivity contribution < 1.29 is 14.6 Å². The second kappa shape index (κ2) is 5.91. The van der Waals surface area contributed by atoms with E-state index in [0.29, 0.717) is 27.6 Å². The van der Waals surface area contributed by atoms with Crippen molar-refractivity contribution >= 4 is 11.6 Å². The molecule has 1 aromatic carbocycles. The summed E-state index contributed by atoms with van der Waals surface area (Å²) < 4.78 is 10.4. The number of halogens is 1. The van der Waals surface area contributed by atoms with Gasteiger partial charge in [0, 0.05) is 18.0 Å². The van der Waals surface area contributed by atoms with E-state index in [2.05, 4.69) is 4.98 Å². The lowest BCUT2D eigenvalue weighted by Gasteiger charge is -2.15. The number of aromatic nitrogens is 1. The van der Waals surface area contributed by atoms with Gasteiger partial charge in [-0.3, -0.25) is 4.98 Å². The van der Waals surface area contributed by atoms with Crippen LogP contribution in [-0.4, -0.2) is 24.3 Å². The van der Waals surface area contributed by atoms with Crippen molar-refractivity contribution in [3.8, 4) is 11.5 Å². The molecule has 0 aliphatic rings. The van der Waals surface area contributed by atoms with Crippen molar-refractivity contribution in [3.05, 3.63) is 52.8 Å². The van der Waals surface area contributed by atoms with Crippen LogP contribution >= 0.6 is 11.6 Å². The minimum Gasteiger partial charge on any atom is -0.493 e. The minimum atomic E-state index is -0.814. The van der Waals surface area contributed by atoms with E-state index in [4.69, 9.17) is 21.1 Å². The Morgan fingerprint density at radius 1 is 1.21 bits per heavy atom. The first-order chi connectivity index (χ1) is 9.17. The molecule has 0 bridgehead atoms. The first kappa shape index (κ1) is 13.6. The average Bonchev–Trinajstić information content (AvgIpc) is 2.46. The van der Waals surface area contributed by atoms with Crippen molar-refractivity contribution in [1.29, 1.82) is 0 Å². The third-order valence-corrected chi connectivity index (χ3v) is 3.05. The van der Waals surface area contributed by atoms with Crippen molar-refractivity contribution in [2.45, 2.75) is 6.10 Å². The molecule has 0 spiro atoms. The monoisotopic (exact) mass is 279 g/mol. The predicted octanol–water partition coefficient (Wildman–Crippen LogP) is 2.83. The quantitative estimate of drug-likeness (QED) is 0.935. The topological polar surface area (TPSA) is 51.6 Å². The zero-order valence-electron chi connectivity index (χ0n) is 10.6. The zero-order valence-corrected chi connectivity index (χ0v) is 11.4. The van der Waals surface area contributed by atoms with E-state index in [1.807, 2.05) is 0 Å². The molecule has 19 heavy (non-hydrogen) atoms. The fourth-order valence-electron chi connectivity index (χ4n) is 1.83. The molecule has 5 heteroatoms. The van der Waals surface area contributed by atoms with Crippen molar-refractivity contribution in [1.82, 2.24) is 4.98 Å². The summed E-state index contributed by atoms with van der Waals surface area (Å²) in [6.45, 7) is 0. The predicted molar refractivity (Wildman–Crippen MR) is 72.9 cm³/mol. The largest absolute Gasteiger partial charge is 0.493 e.